The van der Waals surface area contributed by atoms with Gasteiger partial charge >= 0.3 is 12.1 Å². The molecule has 2 rings (SSSR count). The monoisotopic (exact) mass is 249 g/mol. The normalized spacial score (nSPS) is 16.0. The summed E-state index contributed by atoms with van der Waals surface area (Å²) in [6, 6.07) is 8.41. The van der Waals surface area contributed by atoms with Crippen molar-refractivity contribution in [3.05, 3.63) is 35.9 Å². The van der Waals surface area contributed by atoms with E-state index in [1.165, 1.54) is 0 Å². The summed E-state index contributed by atoms with van der Waals surface area (Å²) in [5, 5.41) is 4.87. The Morgan fingerprint density at radius 1 is 1.17 bits per heavy atom. The van der Waals surface area contributed by atoms with E-state index >= 15 is 0 Å². The number of nitrogens with one attached hydrogen (secondary N) is 2. The van der Waals surface area contributed by atoms with Crippen molar-refractivity contribution in [2.75, 3.05) is 26.2 Å². The van der Waals surface area contributed by atoms with Crippen LogP contribution in [0.2, 0.25) is 0 Å². The Hall–Kier alpha value is -1.92. The number of rotatable bonds is 2. The number of benzene rings is 1. The summed E-state index contributed by atoms with van der Waals surface area (Å²) in [6.07, 6.45) is -0.745. The third-order valence-electron chi connectivity index (χ3n) is 2.56. The molecule has 6 heteroatoms. The zero-order valence-electron chi connectivity index (χ0n) is 9.89. The lowest BCUT2D eigenvalue weighted by atomic mass is 10.2. The number of hydrogen-bond acceptors (Lipinski definition) is 5. The van der Waals surface area contributed by atoms with Gasteiger partial charge in [-0.15, -0.1) is 0 Å². The summed E-state index contributed by atoms with van der Waals surface area (Å²) in [5.74, 6) is -0.650. The van der Waals surface area contributed by atoms with Crippen LogP contribution in [0.3, 0.4) is 0 Å². The molecule has 1 aromatic carbocycles. The van der Waals surface area contributed by atoms with Gasteiger partial charge in [-0.05, 0) is 12.1 Å². The van der Waals surface area contributed by atoms with Gasteiger partial charge in [0.2, 0.25) is 0 Å². The number of hydrazine groups is 1. The van der Waals surface area contributed by atoms with Crippen LogP contribution in [-0.4, -0.2) is 43.3 Å². The van der Waals surface area contributed by atoms with Gasteiger partial charge in [0.25, 0.3) is 0 Å². The molecule has 1 aliphatic heterocycles. The van der Waals surface area contributed by atoms with Gasteiger partial charge in [-0.25, -0.2) is 14.6 Å². The van der Waals surface area contributed by atoms with Crippen LogP contribution in [0.5, 0.6) is 0 Å². The maximum Gasteiger partial charge on any atom is 0.429 e. The standard InChI is InChI=1S/C12H15N3O3/c16-11(10-4-2-1-3-5-10)18-12(17)14-15-8-6-13-7-9-15/h1-5,13H,6-9H2,(H,14,17). The molecule has 96 valence electrons. The maximum atomic E-state index is 11.6. The minimum atomic E-state index is -0.745. The Balaban J connectivity index is 1.82. The van der Waals surface area contributed by atoms with Crippen LogP contribution in [0.4, 0.5) is 4.79 Å². The molecule has 1 heterocycles. The molecule has 1 aromatic rings. The number of piperazine rings is 1. The Bertz CT molecular complexity index is 416. The minimum absolute atomic E-state index is 0.355. The predicted octanol–water partition coefficient (Wildman–Crippen LogP) is 0.373. The van der Waals surface area contributed by atoms with E-state index in [1.54, 1.807) is 35.3 Å². The molecule has 0 spiro atoms. The van der Waals surface area contributed by atoms with E-state index in [4.69, 9.17) is 0 Å². The summed E-state index contributed by atoms with van der Waals surface area (Å²) in [6.45, 7) is 2.98. The Morgan fingerprint density at radius 3 is 2.50 bits per heavy atom. The summed E-state index contributed by atoms with van der Waals surface area (Å²) >= 11 is 0. The Kier molecular flexibility index (Phi) is 4.27. The second-order valence-corrected chi connectivity index (χ2v) is 3.89. The van der Waals surface area contributed by atoms with E-state index in [-0.39, 0.29) is 0 Å². The Labute approximate surface area is 105 Å². The van der Waals surface area contributed by atoms with Crippen LogP contribution >= 0.6 is 0 Å². The fraction of sp³-hybridized carbons (Fsp3) is 0.333. The molecule has 1 fully saturated rings. The number of ether oxygens (including phenoxy) is 1. The number of hydrogen-bond donors (Lipinski definition) is 2. The van der Waals surface area contributed by atoms with E-state index in [9.17, 15) is 9.59 Å². The first kappa shape index (κ1) is 12.5. The van der Waals surface area contributed by atoms with E-state index < -0.39 is 12.1 Å². The van der Waals surface area contributed by atoms with Gasteiger partial charge < -0.3 is 10.1 Å². The number of esters is 1. The summed E-state index contributed by atoms with van der Waals surface area (Å²) in [7, 11) is 0. The predicted molar refractivity (Wildman–Crippen MR) is 64.8 cm³/mol. The molecule has 1 aliphatic rings. The van der Waals surface area contributed by atoms with Crippen LogP contribution in [0.25, 0.3) is 0 Å². The number of amides is 1. The van der Waals surface area contributed by atoms with Crippen LogP contribution in [0.1, 0.15) is 10.4 Å². The van der Waals surface area contributed by atoms with Crippen LogP contribution < -0.4 is 10.7 Å². The van der Waals surface area contributed by atoms with Gasteiger partial charge in [0.1, 0.15) is 0 Å². The van der Waals surface area contributed by atoms with Crippen molar-refractivity contribution < 1.29 is 14.3 Å². The molecule has 0 aromatic heterocycles. The van der Waals surface area contributed by atoms with Crippen molar-refractivity contribution in [2.24, 2.45) is 0 Å². The number of carbonyl (C=O) groups excluding carboxylic acids is 2. The van der Waals surface area contributed by atoms with E-state index in [2.05, 4.69) is 15.5 Å². The van der Waals surface area contributed by atoms with Crippen molar-refractivity contribution >= 4 is 12.1 Å². The van der Waals surface area contributed by atoms with Crippen LogP contribution in [0, 0.1) is 0 Å². The lowest BCUT2D eigenvalue weighted by Gasteiger charge is -2.26. The van der Waals surface area contributed by atoms with Crippen molar-refractivity contribution in [2.45, 2.75) is 0 Å². The third-order valence-corrected chi connectivity index (χ3v) is 2.56. The Morgan fingerprint density at radius 2 is 1.83 bits per heavy atom. The number of carbonyl (C=O) groups is 2. The van der Waals surface area contributed by atoms with E-state index in [1.807, 2.05) is 0 Å². The molecule has 0 aliphatic carbocycles. The van der Waals surface area contributed by atoms with Gasteiger partial charge in [-0.3, -0.25) is 5.43 Å². The SMILES string of the molecule is O=C(NN1CCNCC1)OC(=O)c1ccccc1. The van der Waals surface area contributed by atoms with E-state index in [0.717, 1.165) is 13.1 Å². The first-order valence-corrected chi connectivity index (χ1v) is 5.79. The molecular weight excluding hydrogens is 234 g/mol. The second kappa shape index (κ2) is 6.13. The van der Waals surface area contributed by atoms with Gasteiger partial charge in [-0.1, -0.05) is 18.2 Å². The van der Waals surface area contributed by atoms with Gasteiger partial charge in [0.05, 0.1) is 5.56 Å². The molecular formula is C12H15N3O3. The molecule has 0 atom stereocenters. The lowest BCUT2D eigenvalue weighted by molar-refractivity contribution is 0.0555. The fourth-order valence-electron chi connectivity index (χ4n) is 1.65. The van der Waals surface area contributed by atoms with E-state index in [0.29, 0.717) is 18.7 Å². The lowest BCUT2D eigenvalue weighted by Crippen LogP contribution is -2.52. The van der Waals surface area contributed by atoms with Crippen molar-refractivity contribution in [1.29, 1.82) is 0 Å². The van der Waals surface area contributed by atoms with Gasteiger partial charge in [0.15, 0.2) is 0 Å². The highest BCUT2D eigenvalue weighted by atomic mass is 16.6. The van der Waals surface area contributed by atoms with Gasteiger partial charge in [0, 0.05) is 26.2 Å². The molecule has 1 amide bonds. The van der Waals surface area contributed by atoms with Crippen molar-refractivity contribution in [1.82, 2.24) is 15.8 Å². The average molecular weight is 249 g/mol. The molecule has 1 saturated heterocycles. The molecule has 0 saturated carbocycles. The summed E-state index contributed by atoms with van der Waals surface area (Å²) in [5.41, 5.74) is 2.89. The molecule has 0 radical (unpaired) electrons. The highest BCUT2D eigenvalue weighted by Crippen LogP contribution is 2.01. The molecule has 0 unspecified atom stereocenters. The van der Waals surface area contributed by atoms with Crippen molar-refractivity contribution in [3.63, 3.8) is 0 Å². The number of nitrogens with zero attached hydrogens (tertiary/aromatic N) is 1. The van der Waals surface area contributed by atoms with Crippen LogP contribution in [0.15, 0.2) is 30.3 Å². The highest BCUT2D eigenvalue weighted by Gasteiger charge is 2.16. The smallest absolute Gasteiger partial charge is 0.372 e. The fourth-order valence-corrected chi connectivity index (χ4v) is 1.65. The summed E-state index contributed by atoms with van der Waals surface area (Å²) in [4.78, 5) is 23.1. The molecule has 6 nitrogen and oxygen atoms in total. The van der Waals surface area contributed by atoms with Crippen molar-refractivity contribution in [3.8, 4) is 0 Å². The minimum Gasteiger partial charge on any atom is -0.372 e. The largest absolute Gasteiger partial charge is 0.429 e. The van der Waals surface area contributed by atoms with Gasteiger partial charge in [-0.2, -0.15) is 0 Å². The zero-order valence-corrected chi connectivity index (χ0v) is 9.89. The molecule has 2 N–H and O–H groups in total. The quantitative estimate of drug-likeness (QED) is 0.585. The van der Waals surface area contributed by atoms with Crippen LogP contribution in [-0.2, 0) is 4.74 Å². The highest BCUT2D eigenvalue weighted by molar-refractivity contribution is 5.96. The molecule has 18 heavy (non-hydrogen) atoms. The molecule has 0 bridgehead atoms. The second-order valence-electron chi connectivity index (χ2n) is 3.89. The summed E-state index contributed by atoms with van der Waals surface area (Å²) < 4.78 is 4.69. The average Bonchev–Trinajstić information content (AvgIpc) is 2.40. The first-order valence-electron chi connectivity index (χ1n) is 5.79. The zero-order chi connectivity index (χ0) is 12.8. The third kappa shape index (κ3) is 3.54. The maximum absolute atomic E-state index is 11.6. The first-order chi connectivity index (χ1) is 8.75. The topological polar surface area (TPSA) is 70.7 Å².